The number of hydrogen-bond donors (Lipinski definition) is 0. The molecular weight excluding hydrogens is 257 g/mol. The van der Waals surface area contributed by atoms with Gasteiger partial charge in [-0.15, -0.1) is 0 Å². The lowest BCUT2D eigenvalue weighted by Crippen LogP contribution is -2.08. The minimum Gasteiger partial charge on any atom is -0.486 e. The summed E-state index contributed by atoms with van der Waals surface area (Å²) >= 11 is 0. The van der Waals surface area contributed by atoms with Gasteiger partial charge in [0.2, 0.25) is 0 Å². The molecule has 0 atom stereocenters. The summed E-state index contributed by atoms with van der Waals surface area (Å²) in [6, 6.07) is 1.69. The van der Waals surface area contributed by atoms with E-state index in [2.05, 4.69) is 4.74 Å². The van der Waals surface area contributed by atoms with Crippen LogP contribution < -0.4 is 4.74 Å². The summed E-state index contributed by atoms with van der Waals surface area (Å²) in [6.07, 6.45) is 2.03. The van der Waals surface area contributed by atoms with Gasteiger partial charge in [-0.2, -0.15) is 0 Å². The molecule has 6 nitrogen and oxygen atoms in total. The normalized spacial score (nSPS) is 14.0. The second kappa shape index (κ2) is 5.21. The maximum Gasteiger partial charge on any atom is 0.340 e. The first-order chi connectivity index (χ1) is 9.02. The van der Waals surface area contributed by atoms with E-state index in [1.807, 2.05) is 0 Å². The van der Waals surface area contributed by atoms with Crippen molar-refractivity contribution < 1.29 is 23.6 Å². The van der Waals surface area contributed by atoms with Gasteiger partial charge in [0.25, 0.3) is 0 Å². The van der Waals surface area contributed by atoms with Crippen molar-refractivity contribution in [2.45, 2.75) is 12.8 Å². The first-order valence-corrected chi connectivity index (χ1v) is 5.72. The maximum absolute atomic E-state index is 13.6. The van der Waals surface area contributed by atoms with Crippen molar-refractivity contribution in [1.82, 2.24) is 0 Å². The topological polar surface area (TPSA) is 78.7 Å². The molecular formula is C12H12FNO5. The summed E-state index contributed by atoms with van der Waals surface area (Å²) < 4.78 is 23.3. The van der Waals surface area contributed by atoms with E-state index in [1.54, 1.807) is 0 Å². The Morgan fingerprint density at radius 1 is 1.53 bits per heavy atom. The largest absolute Gasteiger partial charge is 0.486 e. The van der Waals surface area contributed by atoms with Crippen LogP contribution in [0.5, 0.6) is 5.75 Å². The molecule has 2 rings (SSSR count). The van der Waals surface area contributed by atoms with Crippen LogP contribution in [0.25, 0.3) is 0 Å². The molecule has 0 radical (unpaired) electrons. The molecule has 0 bridgehead atoms. The highest BCUT2D eigenvalue weighted by atomic mass is 19.1. The molecule has 0 aromatic heterocycles. The standard InChI is InChI=1S/C12H12FNO5/c1-18-12(15)8-4-11(19-6-7-2-3-7)10(14(16)17)5-9(8)13/h4-5,7H,2-3,6H2,1H3. The molecule has 0 unspecified atom stereocenters. The average Bonchev–Trinajstić information content (AvgIpc) is 3.19. The molecule has 0 aliphatic heterocycles. The number of esters is 1. The monoisotopic (exact) mass is 269 g/mol. The van der Waals surface area contributed by atoms with Crippen molar-refractivity contribution in [1.29, 1.82) is 0 Å². The Labute approximate surface area is 108 Å². The number of rotatable bonds is 5. The van der Waals surface area contributed by atoms with Gasteiger partial charge in [0.05, 0.1) is 30.3 Å². The van der Waals surface area contributed by atoms with E-state index >= 15 is 0 Å². The third-order valence-electron chi connectivity index (χ3n) is 2.82. The van der Waals surface area contributed by atoms with Gasteiger partial charge < -0.3 is 9.47 Å². The van der Waals surface area contributed by atoms with Gasteiger partial charge >= 0.3 is 11.7 Å². The Kier molecular flexibility index (Phi) is 3.64. The number of carbonyl (C=O) groups excluding carboxylic acids is 1. The summed E-state index contributed by atoms with van der Waals surface area (Å²) in [4.78, 5) is 21.4. The molecule has 0 saturated heterocycles. The van der Waals surface area contributed by atoms with Gasteiger partial charge in [-0.25, -0.2) is 9.18 Å². The van der Waals surface area contributed by atoms with Crippen LogP contribution in [0, 0.1) is 21.8 Å². The third kappa shape index (κ3) is 2.98. The minimum absolute atomic E-state index is 0.112. The quantitative estimate of drug-likeness (QED) is 0.465. The number of carbonyl (C=O) groups is 1. The molecule has 0 amide bonds. The minimum atomic E-state index is -1.00. The molecule has 7 heteroatoms. The zero-order chi connectivity index (χ0) is 14.0. The number of methoxy groups -OCH3 is 1. The first-order valence-electron chi connectivity index (χ1n) is 5.72. The van der Waals surface area contributed by atoms with E-state index in [4.69, 9.17) is 4.74 Å². The van der Waals surface area contributed by atoms with E-state index < -0.39 is 22.4 Å². The molecule has 0 N–H and O–H groups in total. The highest BCUT2D eigenvalue weighted by molar-refractivity contribution is 5.90. The van der Waals surface area contributed by atoms with E-state index in [-0.39, 0.29) is 11.3 Å². The molecule has 1 saturated carbocycles. The van der Waals surface area contributed by atoms with E-state index in [0.717, 1.165) is 26.0 Å². The van der Waals surface area contributed by atoms with E-state index in [1.165, 1.54) is 0 Å². The summed E-state index contributed by atoms with van der Waals surface area (Å²) in [5.74, 6) is -1.63. The molecule has 1 aromatic carbocycles. The number of benzene rings is 1. The van der Waals surface area contributed by atoms with Crippen LogP contribution in [0.15, 0.2) is 12.1 Å². The maximum atomic E-state index is 13.6. The van der Waals surface area contributed by atoms with Crippen molar-refractivity contribution in [2.24, 2.45) is 5.92 Å². The fourth-order valence-corrected chi connectivity index (χ4v) is 1.56. The summed E-state index contributed by atoms with van der Waals surface area (Å²) in [6.45, 7) is 0.326. The fourth-order valence-electron chi connectivity index (χ4n) is 1.56. The van der Waals surface area contributed by atoms with Crippen molar-refractivity contribution in [2.75, 3.05) is 13.7 Å². The van der Waals surface area contributed by atoms with Gasteiger partial charge in [-0.1, -0.05) is 0 Å². The SMILES string of the molecule is COC(=O)c1cc(OCC2CC2)c([N+](=O)[O-])cc1F. The number of hydrogen-bond acceptors (Lipinski definition) is 5. The first kappa shape index (κ1) is 13.3. The summed E-state index contributed by atoms with van der Waals surface area (Å²) in [5.41, 5.74) is -0.871. The second-order valence-corrected chi connectivity index (χ2v) is 4.30. The Morgan fingerprint density at radius 2 is 2.21 bits per heavy atom. The highest BCUT2D eigenvalue weighted by Gasteiger charge is 2.27. The molecule has 19 heavy (non-hydrogen) atoms. The highest BCUT2D eigenvalue weighted by Crippen LogP contribution is 2.34. The summed E-state index contributed by atoms with van der Waals surface area (Å²) in [5, 5.41) is 10.8. The molecule has 0 heterocycles. The number of nitrogens with zero attached hydrogens (tertiary/aromatic N) is 1. The van der Waals surface area contributed by atoms with Crippen molar-refractivity contribution in [3.8, 4) is 5.75 Å². The molecule has 102 valence electrons. The van der Waals surface area contributed by atoms with Gasteiger partial charge in [0.15, 0.2) is 5.75 Å². The number of ether oxygens (including phenoxy) is 2. The third-order valence-corrected chi connectivity index (χ3v) is 2.82. The molecule has 1 aliphatic rings. The average molecular weight is 269 g/mol. The Hall–Kier alpha value is -2.18. The predicted molar refractivity (Wildman–Crippen MR) is 62.6 cm³/mol. The van der Waals surface area contributed by atoms with Gasteiger partial charge in [-0.3, -0.25) is 10.1 Å². The van der Waals surface area contributed by atoms with Crippen molar-refractivity contribution in [3.63, 3.8) is 0 Å². The van der Waals surface area contributed by atoms with Crippen LogP contribution in [0.2, 0.25) is 0 Å². The van der Waals surface area contributed by atoms with E-state index in [0.29, 0.717) is 18.6 Å². The van der Waals surface area contributed by atoms with Crippen LogP contribution in [0.3, 0.4) is 0 Å². The van der Waals surface area contributed by atoms with Crippen LogP contribution in [-0.2, 0) is 4.74 Å². The Bertz CT molecular complexity index is 527. The Morgan fingerprint density at radius 3 is 2.74 bits per heavy atom. The van der Waals surface area contributed by atoms with Crippen molar-refractivity contribution in [3.05, 3.63) is 33.6 Å². The van der Waals surface area contributed by atoms with Crippen molar-refractivity contribution >= 4 is 11.7 Å². The zero-order valence-corrected chi connectivity index (χ0v) is 10.2. The molecule has 0 spiro atoms. The van der Waals surface area contributed by atoms with Gasteiger partial charge in [0, 0.05) is 6.07 Å². The van der Waals surface area contributed by atoms with Crippen LogP contribution in [-0.4, -0.2) is 24.6 Å². The second-order valence-electron chi connectivity index (χ2n) is 4.30. The van der Waals surface area contributed by atoms with E-state index in [9.17, 15) is 19.3 Å². The van der Waals surface area contributed by atoms with Gasteiger partial charge in [0.1, 0.15) is 5.82 Å². The lowest BCUT2D eigenvalue weighted by Gasteiger charge is -2.08. The van der Waals surface area contributed by atoms with Crippen LogP contribution >= 0.6 is 0 Å². The van der Waals surface area contributed by atoms with Crippen LogP contribution in [0.1, 0.15) is 23.2 Å². The predicted octanol–water partition coefficient (Wildman–Crippen LogP) is 2.31. The van der Waals surface area contributed by atoms with Crippen LogP contribution in [0.4, 0.5) is 10.1 Å². The lowest BCUT2D eigenvalue weighted by molar-refractivity contribution is -0.386. The lowest BCUT2D eigenvalue weighted by atomic mass is 10.1. The Balaban J connectivity index is 2.34. The molecule has 1 aromatic rings. The number of nitro benzene ring substituents is 1. The number of nitro groups is 1. The van der Waals surface area contributed by atoms with Gasteiger partial charge in [-0.05, 0) is 18.8 Å². The zero-order valence-electron chi connectivity index (χ0n) is 10.2. The number of halogens is 1. The smallest absolute Gasteiger partial charge is 0.340 e. The fraction of sp³-hybridized carbons (Fsp3) is 0.417. The molecule has 1 fully saturated rings. The molecule has 1 aliphatic carbocycles. The summed E-state index contributed by atoms with van der Waals surface area (Å²) in [7, 11) is 1.11.